The van der Waals surface area contributed by atoms with Crippen LogP contribution in [0.2, 0.25) is 5.02 Å². The summed E-state index contributed by atoms with van der Waals surface area (Å²) in [5, 5.41) is 3.85. The van der Waals surface area contributed by atoms with Gasteiger partial charge in [-0.05, 0) is 62.3 Å². The predicted octanol–water partition coefficient (Wildman–Crippen LogP) is 4.05. The summed E-state index contributed by atoms with van der Waals surface area (Å²) in [7, 11) is 2.01. The molecule has 3 unspecified atom stereocenters. The minimum absolute atomic E-state index is 0.171. The highest BCUT2D eigenvalue weighted by Gasteiger charge is 2.28. The van der Waals surface area contributed by atoms with E-state index in [9.17, 15) is 4.39 Å². The van der Waals surface area contributed by atoms with Crippen LogP contribution in [-0.4, -0.2) is 13.1 Å². The monoisotopic (exact) mass is 269 g/mol. The SMILES string of the molecule is CNC1CCC(C)CC1Cc1ccc(Cl)cc1F. The molecule has 0 aromatic heterocycles. The molecule has 100 valence electrons. The molecule has 0 bridgehead atoms. The van der Waals surface area contributed by atoms with Gasteiger partial charge >= 0.3 is 0 Å². The molecule has 1 saturated carbocycles. The van der Waals surface area contributed by atoms with Gasteiger partial charge in [0.25, 0.3) is 0 Å². The Hall–Kier alpha value is -0.600. The van der Waals surface area contributed by atoms with Crippen molar-refractivity contribution in [1.82, 2.24) is 5.32 Å². The smallest absolute Gasteiger partial charge is 0.127 e. The van der Waals surface area contributed by atoms with Crippen molar-refractivity contribution >= 4 is 11.6 Å². The van der Waals surface area contributed by atoms with Crippen LogP contribution in [0.4, 0.5) is 4.39 Å². The van der Waals surface area contributed by atoms with E-state index in [1.165, 1.54) is 25.3 Å². The van der Waals surface area contributed by atoms with Gasteiger partial charge in [-0.1, -0.05) is 24.6 Å². The lowest BCUT2D eigenvalue weighted by atomic mass is 9.76. The molecule has 1 aliphatic carbocycles. The first-order valence-electron chi connectivity index (χ1n) is 6.71. The van der Waals surface area contributed by atoms with Crippen LogP contribution >= 0.6 is 11.6 Å². The molecule has 1 aliphatic rings. The van der Waals surface area contributed by atoms with E-state index in [1.54, 1.807) is 6.07 Å². The van der Waals surface area contributed by atoms with Crippen molar-refractivity contribution in [3.8, 4) is 0 Å². The van der Waals surface area contributed by atoms with Gasteiger partial charge in [0.05, 0.1) is 0 Å². The van der Waals surface area contributed by atoms with E-state index in [4.69, 9.17) is 11.6 Å². The highest BCUT2D eigenvalue weighted by molar-refractivity contribution is 6.30. The van der Waals surface area contributed by atoms with Gasteiger partial charge in [-0.2, -0.15) is 0 Å². The lowest BCUT2D eigenvalue weighted by Crippen LogP contribution is -2.39. The van der Waals surface area contributed by atoms with Gasteiger partial charge in [-0.15, -0.1) is 0 Å². The zero-order valence-corrected chi connectivity index (χ0v) is 11.8. The minimum atomic E-state index is -0.171. The number of halogens is 2. The third-order valence-corrected chi connectivity index (χ3v) is 4.35. The second kappa shape index (κ2) is 6.03. The Kier molecular flexibility index (Phi) is 4.63. The van der Waals surface area contributed by atoms with Crippen LogP contribution in [-0.2, 0) is 6.42 Å². The number of nitrogens with one attached hydrogen (secondary N) is 1. The summed E-state index contributed by atoms with van der Waals surface area (Å²) in [6, 6.07) is 5.53. The highest BCUT2D eigenvalue weighted by Crippen LogP contribution is 2.32. The maximum absolute atomic E-state index is 13.8. The first-order chi connectivity index (χ1) is 8.60. The number of rotatable bonds is 3. The van der Waals surface area contributed by atoms with E-state index in [2.05, 4.69) is 12.2 Å². The van der Waals surface area contributed by atoms with E-state index < -0.39 is 0 Å². The van der Waals surface area contributed by atoms with Crippen LogP contribution in [0.3, 0.4) is 0 Å². The fraction of sp³-hybridized carbons (Fsp3) is 0.600. The largest absolute Gasteiger partial charge is 0.317 e. The normalized spacial score (nSPS) is 28.3. The quantitative estimate of drug-likeness (QED) is 0.873. The molecule has 0 amide bonds. The number of hydrogen-bond donors (Lipinski definition) is 1. The molecular formula is C15H21ClFN. The predicted molar refractivity (Wildman–Crippen MR) is 74.5 cm³/mol. The molecule has 1 N–H and O–H groups in total. The number of benzene rings is 1. The molecule has 2 rings (SSSR count). The fourth-order valence-corrected chi connectivity index (χ4v) is 3.23. The zero-order chi connectivity index (χ0) is 13.1. The van der Waals surface area contributed by atoms with E-state index in [1.807, 2.05) is 13.1 Å². The van der Waals surface area contributed by atoms with Crippen molar-refractivity contribution < 1.29 is 4.39 Å². The Labute approximate surface area is 114 Å². The second-order valence-corrected chi connectivity index (χ2v) is 5.95. The summed E-state index contributed by atoms with van der Waals surface area (Å²) in [5.41, 5.74) is 0.791. The van der Waals surface area contributed by atoms with Gasteiger partial charge < -0.3 is 5.32 Å². The summed E-state index contributed by atoms with van der Waals surface area (Å²) < 4.78 is 13.8. The van der Waals surface area contributed by atoms with E-state index in [0.717, 1.165) is 17.9 Å². The first-order valence-corrected chi connectivity index (χ1v) is 7.09. The Bertz CT molecular complexity index is 407. The first kappa shape index (κ1) is 13.8. The van der Waals surface area contributed by atoms with E-state index in [0.29, 0.717) is 17.0 Å². The number of hydrogen-bond acceptors (Lipinski definition) is 1. The lowest BCUT2D eigenvalue weighted by molar-refractivity contribution is 0.219. The standard InChI is InChI=1S/C15H21ClFN/c1-10-3-6-15(18-2)12(7-10)8-11-4-5-13(16)9-14(11)17/h4-5,9-10,12,15,18H,3,6-8H2,1-2H3. The highest BCUT2D eigenvalue weighted by atomic mass is 35.5. The molecule has 0 heterocycles. The van der Waals surface area contributed by atoms with Gasteiger partial charge in [0.15, 0.2) is 0 Å². The van der Waals surface area contributed by atoms with Gasteiger partial charge in [-0.25, -0.2) is 4.39 Å². The average molecular weight is 270 g/mol. The Balaban J connectivity index is 2.10. The Morgan fingerprint density at radius 3 is 2.83 bits per heavy atom. The summed E-state index contributed by atoms with van der Waals surface area (Å²) >= 11 is 5.79. The van der Waals surface area contributed by atoms with Crippen LogP contribution in [0.25, 0.3) is 0 Å². The molecule has 0 saturated heterocycles. The third-order valence-electron chi connectivity index (χ3n) is 4.11. The van der Waals surface area contributed by atoms with Crippen molar-refractivity contribution in [3.05, 3.63) is 34.6 Å². The summed E-state index contributed by atoms with van der Waals surface area (Å²) in [6.45, 7) is 2.29. The molecule has 1 aromatic rings. The Morgan fingerprint density at radius 2 is 2.17 bits per heavy atom. The van der Waals surface area contributed by atoms with Gasteiger partial charge in [0, 0.05) is 11.1 Å². The van der Waals surface area contributed by atoms with Crippen LogP contribution in [0.15, 0.2) is 18.2 Å². The molecule has 1 nitrogen and oxygen atoms in total. The average Bonchev–Trinajstić information content (AvgIpc) is 2.33. The van der Waals surface area contributed by atoms with Gasteiger partial charge in [0.2, 0.25) is 0 Å². The molecule has 3 heteroatoms. The molecule has 0 radical (unpaired) electrons. The Morgan fingerprint density at radius 1 is 1.39 bits per heavy atom. The fourth-order valence-electron chi connectivity index (χ4n) is 3.07. The molecule has 1 fully saturated rings. The van der Waals surface area contributed by atoms with Crippen LogP contribution in [0.1, 0.15) is 31.7 Å². The van der Waals surface area contributed by atoms with Crippen molar-refractivity contribution in [1.29, 1.82) is 0 Å². The van der Waals surface area contributed by atoms with Crippen molar-refractivity contribution in [2.24, 2.45) is 11.8 Å². The maximum atomic E-state index is 13.8. The molecule has 3 atom stereocenters. The maximum Gasteiger partial charge on any atom is 0.127 e. The molecular weight excluding hydrogens is 249 g/mol. The molecule has 0 aliphatic heterocycles. The minimum Gasteiger partial charge on any atom is -0.317 e. The molecule has 0 spiro atoms. The zero-order valence-electron chi connectivity index (χ0n) is 11.0. The van der Waals surface area contributed by atoms with Crippen LogP contribution in [0.5, 0.6) is 0 Å². The molecule has 1 aromatic carbocycles. The van der Waals surface area contributed by atoms with Gasteiger partial charge in [-0.3, -0.25) is 0 Å². The van der Waals surface area contributed by atoms with Gasteiger partial charge in [0.1, 0.15) is 5.82 Å². The third kappa shape index (κ3) is 3.24. The van der Waals surface area contributed by atoms with E-state index in [-0.39, 0.29) is 5.82 Å². The lowest BCUT2D eigenvalue weighted by Gasteiger charge is -2.35. The topological polar surface area (TPSA) is 12.0 Å². The summed E-state index contributed by atoms with van der Waals surface area (Å²) in [4.78, 5) is 0. The van der Waals surface area contributed by atoms with E-state index >= 15 is 0 Å². The van der Waals surface area contributed by atoms with Crippen LogP contribution < -0.4 is 5.32 Å². The van der Waals surface area contributed by atoms with Crippen molar-refractivity contribution in [2.45, 2.75) is 38.6 Å². The second-order valence-electron chi connectivity index (χ2n) is 5.51. The summed E-state index contributed by atoms with van der Waals surface area (Å²) in [5.74, 6) is 1.10. The van der Waals surface area contributed by atoms with Crippen molar-refractivity contribution in [3.63, 3.8) is 0 Å². The van der Waals surface area contributed by atoms with Crippen LogP contribution in [0, 0.1) is 17.7 Å². The summed E-state index contributed by atoms with van der Waals surface area (Å²) in [6.07, 6.45) is 4.44. The molecule has 18 heavy (non-hydrogen) atoms. The van der Waals surface area contributed by atoms with Crippen molar-refractivity contribution in [2.75, 3.05) is 7.05 Å².